The molecule has 0 radical (unpaired) electrons. The fourth-order valence-electron chi connectivity index (χ4n) is 6.18. The molecule has 1 atom stereocenters. The highest BCUT2D eigenvalue weighted by Crippen LogP contribution is 2.41. The first-order valence-electron chi connectivity index (χ1n) is 17.9. The van der Waals surface area contributed by atoms with Crippen LogP contribution in [0.2, 0.25) is 5.02 Å². The molecule has 0 aliphatic carbocycles. The topological polar surface area (TPSA) is 115 Å². The molecular weight excluding hydrogens is 712 g/mol. The highest BCUT2D eigenvalue weighted by atomic mass is 35.5. The number of fused-ring (bicyclic) bond motifs is 1. The van der Waals surface area contributed by atoms with Crippen LogP contribution in [0, 0.1) is 0 Å². The van der Waals surface area contributed by atoms with E-state index in [0.717, 1.165) is 60.9 Å². The fourth-order valence-corrected chi connectivity index (χ4v) is 6.35. The van der Waals surface area contributed by atoms with E-state index in [9.17, 15) is 4.79 Å². The van der Waals surface area contributed by atoms with E-state index >= 15 is 0 Å². The highest BCUT2D eigenvalue weighted by molar-refractivity contribution is 6.31. The van der Waals surface area contributed by atoms with Gasteiger partial charge in [0.2, 0.25) is 11.5 Å². The van der Waals surface area contributed by atoms with Crippen molar-refractivity contribution in [3.05, 3.63) is 87.9 Å². The minimum atomic E-state index is -0.403. The number of rotatable bonds is 20. The quantitative estimate of drug-likeness (QED) is 0.0668. The maximum atomic E-state index is 12.7. The van der Waals surface area contributed by atoms with E-state index in [4.69, 9.17) is 49.5 Å². The zero-order valence-electron chi connectivity index (χ0n) is 31.7. The number of nitrogens with one attached hydrogen (secondary N) is 2. The van der Waals surface area contributed by atoms with Gasteiger partial charge in [-0.2, -0.15) is 0 Å². The molecule has 12 heteroatoms. The predicted molar refractivity (Wildman–Crippen MR) is 212 cm³/mol. The predicted octanol–water partition coefficient (Wildman–Crippen LogP) is 9.21. The lowest BCUT2D eigenvalue weighted by molar-refractivity contribution is 0.0935. The molecule has 4 aromatic rings. The Kier molecular flexibility index (Phi) is 14.4. The molecule has 1 aliphatic rings. The molecule has 288 valence electrons. The first-order chi connectivity index (χ1) is 26.3. The molecule has 0 fully saturated rings. The molecule has 1 aliphatic heterocycles. The Labute approximate surface area is 322 Å². The maximum absolute atomic E-state index is 12.7. The Morgan fingerprint density at radius 2 is 1.09 bits per heavy atom. The molecule has 0 saturated heterocycles. The van der Waals surface area contributed by atoms with Crippen LogP contribution in [-0.2, 0) is 0 Å². The normalized spacial score (nSPS) is 13.4. The first kappa shape index (κ1) is 39.8. The minimum Gasteiger partial charge on any atom is -0.493 e. The molecule has 0 saturated carbocycles. The number of carbonyl (C=O) groups excluding carboxylic acids is 1. The number of amides is 1. The van der Waals surface area contributed by atoms with Gasteiger partial charge in [0.1, 0.15) is 6.17 Å². The summed E-state index contributed by atoms with van der Waals surface area (Å²) in [5.74, 6) is 4.57. The van der Waals surface area contributed by atoms with E-state index in [1.165, 1.54) is 0 Å². The van der Waals surface area contributed by atoms with Gasteiger partial charge >= 0.3 is 0 Å². The molecule has 54 heavy (non-hydrogen) atoms. The summed E-state index contributed by atoms with van der Waals surface area (Å²) < 4.78 is 45.6. The summed E-state index contributed by atoms with van der Waals surface area (Å²) >= 11 is 6.06. The summed E-state index contributed by atoms with van der Waals surface area (Å²) in [5.41, 5.74) is 3.86. The number of ether oxygens (including phenoxy) is 8. The molecule has 0 bridgehead atoms. The van der Waals surface area contributed by atoms with Crippen LogP contribution < -0.4 is 48.5 Å². The highest BCUT2D eigenvalue weighted by Gasteiger charge is 2.25. The van der Waals surface area contributed by atoms with Crippen molar-refractivity contribution < 1.29 is 42.7 Å². The third-order valence-electron chi connectivity index (χ3n) is 9.00. The van der Waals surface area contributed by atoms with Crippen LogP contribution in [0.4, 0.5) is 5.69 Å². The molecule has 1 amide bonds. The number of hydrogen-bond donors (Lipinski definition) is 2. The summed E-state index contributed by atoms with van der Waals surface area (Å²) in [4.78, 5) is 12.7. The number of carbonyl (C=O) groups is 1. The van der Waals surface area contributed by atoms with Crippen LogP contribution in [0.5, 0.6) is 46.0 Å². The van der Waals surface area contributed by atoms with Crippen molar-refractivity contribution >= 4 is 35.3 Å². The van der Waals surface area contributed by atoms with Crippen LogP contribution in [-0.4, -0.2) is 61.8 Å². The maximum Gasteiger partial charge on any atom is 0.255 e. The Morgan fingerprint density at radius 1 is 0.556 bits per heavy atom. The largest absolute Gasteiger partial charge is 0.493 e. The zero-order chi connectivity index (χ0) is 38.5. The smallest absolute Gasteiger partial charge is 0.255 e. The summed E-state index contributed by atoms with van der Waals surface area (Å²) in [6.45, 7) is 1.13. The summed E-state index contributed by atoms with van der Waals surface area (Å²) in [7, 11) is 9.61. The standard InChI is InChI=1S/C42H49ClN2O9/c1-47-34-25-29(41-44-32-17-16-30(43)26-31(32)42(46)45-41)15-18-33(34)53-19-11-9-7-8-10-12-20-54-40-37(50-4)23-28(24-38(40)51-5)14-13-27-21-35(48-2)39(52-6)36(22-27)49-3/h13-18,21-26,41,44H,7-12,19-20H2,1-6H3,(H,45,46)/b14-13+. The van der Waals surface area contributed by atoms with E-state index in [1.54, 1.807) is 54.8 Å². The van der Waals surface area contributed by atoms with Gasteiger partial charge in [-0.3, -0.25) is 4.79 Å². The molecule has 5 rings (SSSR count). The SMILES string of the molecule is COc1cc(C2NC(=O)c3cc(Cl)ccc3N2)ccc1OCCCCCCCCOc1c(OC)cc(/C=C/c2cc(OC)c(OC)c(OC)c2)cc1OC. The van der Waals surface area contributed by atoms with Crippen LogP contribution in [0.25, 0.3) is 12.2 Å². The molecule has 0 aromatic heterocycles. The molecule has 1 heterocycles. The molecule has 2 N–H and O–H groups in total. The second-order valence-electron chi connectivity index (χ2n) is 12.5. The van der Waals surface area contributed by atoms with E-state index in [-0.39, 0.29) is 5.91 Å². The molecule has 0 spiro atoms. The lowest BCUT2D eigenvalue weighted by Crippen LogP contribution is -2.38. The number of hydrogen-bond acceptors (Lipinski definition) is 10. The van der Waals surface area contributed by atoms with Crippen LogP contribution in [0.15, 0.2) is 60.7 Å². The average Bonchev–Trinajstić information content (AvgIpc) is 3.20. The second kappa shape index (κ2) is 19.6. The number of methoxy groups -OCH3 is 6. The van der Waals surface area contributed by atoms with Gasteiger partial charge in [0, 0.05) is 10.7 Å². The van der Waals surface area contributed by atoms with Gasteiger partial charge in [0.25, 0.3) is 5.91 Å². The summed E-state index contributed by atoms with van der Waals surface area (Å²) in [5, 5.41) is 6.83. The zero-order valence-corrected chi connectivity index (χ0v) is 32.5. The van der Waals surface area contributed by atoms with Crippen molar-refractivity contribution in [2.75, 3.05) is 61.2 Å². The number of halogens is 1. The molecule has 11 nitrogen and oxygen atoms in total. The molecule has 1 unspecified atom stereocenters. The van der Waals surface area contributed by atoms with Gasteiger partial charge in [0.05, 0.1) is 61.4 Å². The summed E-state index contributed by atoms with van der Waals surface area (Å²) in [6.07, 6.45) is 9.62. The lowest BCUT2D eigenvalue weighted by atomic mass is 10.1. The van der Waals surface area contributed by atoms with E-state index in [1.807, 2.05) is 60.7 Å². The van der Waals surface area contributed by atoms with E-state index in [0.29, 0.717) is 69.8 Å². The van der Waals surface area contributed by atoms with Crippen LogP contribution in [0.3, 0.4) is 0 Å². The van der Waals surface area contributed by atoms with Gasteiger partial charge in [-0.1, -0.05) is 55.5 Å². The van der Waals surface area contributed by atoms with Crippen LogP contribution >= 0.6 is 11.6 Å². The number of anilines is 1. The Hall–Kier alpha value is -5.42. The van der Waals surface area contributed by atoms with Gasteiger partial charge in [-0.05, 0) is 84.1 Å². The van der Waals surface area contributed by atoms with E-state index < -0.39 is 6.17 Å². The van der Waals surface area contributed by atoms with Gasteiger partial charge in [-0.15, -0.1) is 0 Å². The van der Waals surface area contributed by atoms with Crippen molar-refractivity contribution in [2.45, 2.75) is 44.7 Å². The van der Waals surface area contributed by atoms with Gasteiger partial charge in [-0.25, -0.2) is 0 Å². The minimum absolute atomic E-state index is 0.186. The first-order valence-corrected chi connectivity index (χ1v) is 18.2. The van der Waals surface area contributed by atoms with E-state index in [2.05, 4.69) is 10.6 Å². The van der Waals surface area contributed by atoms with Crippen LogP contribution in [0.1, 0.15) is 71.7 Å². The van der Waals surface area contributed by atoms with Crippen molar-refractivity contribution in [1.29, 1.82) is 0 Å². The monoisotopic (exact) mass is 760 g/mol. The molecule has 4 aromatic carbocycles. The third kappa shape index (κ3) is 9.96. The fraction of sp³-hybridized carbons (Fsp3) is 0.357. The Bertz CT molecular complexity index is 1870. The number of unbranched alkanes of at least 4 members (excludes halogenated alkanes) is 5. The van der Waals surface area contributed by atoms with Crippen molar-refractivity contribution in [3.63, 3.8) is 0 Å². The lowest BCUT2D eigenvalue weighted by Gasteiger charge is -2.28. The number of benzene rings is 4. The average molecular weight is 761 g/mol. The van der Waals surface area contributed by atoms with Crippen molar-refractivity contribution in [3.8, 4) is 46.0 Å². The third-order valence-corrected chi connectivity index (χ3v) is 9.24. The summed E-state index contributed by atoms with van der Waals surface area (Å²) in [6, 6.07) is 18.5. The Morgan fingerprint density at radius 3 is 1.65 bits per heavy atom. The Balaban J connectivity index is 1.03. The molecular formula is C42H49ClN2O9. The van der Waals surface area contributed by atoms with Gasteiger partial charge in [0.15, 0.2) is 34.5 Å². The van der Waals surface area contributed by atoms with Crippen molar-refractivity contribution in [2.24, 2.45) is 0 Å². The van der Waals surface area contributed by atoms with Gasteiger partial charge < -0.3 is 48.5 Å². The second-order valence-corrected chi connectivity index (χ2v) is 13.0. The van der Waals surface area contributed by atoms with Crippen molar-refractivity contribution in [1.82, 2.24) is 5.32 Å².